The smallest absolute Gasteiger partial charge is 0.327 e. The number of nitrogens with zero attached hydrogens (tertiary/aromatic N) is 1. The van der Waals surface area contributed by atoms with E-state index in [0.717, 1.165) is 0 Å². The number of benzene rings is 1. The van der Waals surface area contributed by atoms with E-state index in [1.165, 1.54) is 7.11 Å². The lowest BCUT2D eigenvalue weighted by Crippen LogP contribution is -2.22. The van der Waals surface area contributed by atoms with Gasteiger partial charge in [-0.2, -0.15) is 0 Å². The van der Waals surface area contributed by atoms with E-state index in [2.05, 4.69) is 9.57 Å². The van der Waals surface area contributed by atoms with Crippen molar-refractivity contribution in [1.82, 2.24) is 5.39 Å². The van der Waals surface area contributed by atoms with Gasteiger partial charge in [0.1, 0.15) is 6.04 Å². The molecule has 0 aliphatic heterocycles. The van der Waals surface area contributed by atoms with Gasteiger partial charge in [-0.1, -0.05) is 24.3 Å². The van der Waals surface area contributed by atoms with Gasteiger partial charge < -0.3 is 10.5 Å². The molecule has 0 spiro atoms. The number of nitrogens with two attached hydrogens (primary N) is 1. The molecule has 0 saturated heterocycles. The largest absolute Gasteiger partial charge is 0.468 e. The van der Waals surface area contributed by atoms with Crippen molar-refractivity contribution in [3.8, 4) is 0 Å². The Bertz CT molecular complexity index is 383. The molecule has 94 valence electrons. The van der Waals surface area contributed by atoms with Crippen molar-refractivity contribution in [3.05, 3.63) is 35.4 Å². The normalized spacial score (nSPS) is 12.5. The van der Waals surface area contributed by atoms with Gasteiger partial charge in [-0.3, -0.25) is 15.2 Å². The SMILES string of the molecule is COC(=O)C(N)c1cccc(CON(O)O)c1. The van der Waals surface area contributed by atoms with Gasteiger partial charge in [0.15, 0.2) is 0 Å². The Balaban J connectivity index is 2.74. The molecule has 7 nitrogen and oxygen atoms in total. The maximum absolute atomic E-state index is 11.2. The summed E-state index contributed by atoms with van der Waals surface area (Å²) in [6.45, 7) is -0.0608. The standard InChI is InChI=1S/C10H14N2O5/c1-16-10(13)9(11)8-4-2-3-7(5-8)6-17-12(14)15/h2-5,9,14-15H,6,11H2,1H3. The highest BCUT2D eigenvalue weighted by Gasteiger charge is 2.16. The Kier molecular flexibility index (Phi) is 5.01. The number of rotatable bonds is 5. The van der Waals surface area contributed by atoms with Gasteiger partial charge in [-0.25, -0.2) is 4.84 Å². The summed E-state index contributed by atoms with van der Waals surface area (Å²) >= 11 is 0. The zero-order valence-corrected chi connectivity index (χ0v) is 9.24. The number of carbonyl (C=O) groups excluding carboxylic acids is 1. The number of hydrogen-bond acceptors (Lipinski definition) is 7. The minimum absolute atomic E-state index is 0.0608. The van der Waals surface area contributed by atoms with E-state index in [9.17, 15) is 4.79 Å². The van der Waals surface area contributed by atoms with E-state index in [-0.39, 0.29) is 12.0 Å². The van der Waals surface area contributed by atoms with Crippen molar-refractivity contribution in [3.63, 3.8) is 0 Å². The first kappa shape index (κ1) is 13.6. The molecule has 0 aliphatic rings. The van der Waals surface area contributed by atoms with Gasteiger partial charge in [0.2, 0.25) is 0 Å². The predicted octanol–water partition coefficient (Wildman–Crippen LogP) is 0.371. The van der Waals surface area contributed by atoms with E-state index in [4.69, 9.17) is 16.1 Å². The summed E-state index contributed by atoms with van der Waals surface area (Å²) in [4.78, 5) is 15.7. The minimum atomic E-state index is -0.876. The van der Waals surface area contributed by atoms with Gasteiger partial charge in [0, 0.05) is 0 Å². The van der Waals surface area contributed by atoms with Crippen LogP contribution in [-0.4, -0.2) is 28.9 Å². The number of hydrogen-bond donors (Lipinski definition) is 3. The summed E-state index contributed by atoms with van der Waals surface area (Å²) < 4.78 is 4.52. The number of methoxy groups -OCH3 is 1. The van der Waals surface area contributed by atoms with Crippen molar-refractivity contribution in [2.45, 2.75) is 12.6 Å². The fourth-order valence-corrected chi connectivity index (χ4v) is 1.27. The van der Waals surface area contributed by atoms with Crippen molar-refractivity contribution in [2.24, 2.45) is 5.73 Å². The third-order valence-corrected chi connectivity index (χ3v) is 2.11. The topological polar surface area (TPSA) is 105 Å². The highest BCUT2D eigenvalue weighted by atomic mass is 17.1. The van der Waals surface area contributed by atoms with E-state index >= 15 is 0 Å². The summed E-state index contributed by atoms with van der Waals surface area (Å²) in [6.07, 6.45) is 0. The van der Waals surface area contributed by atoms with Gasteiger partial charge in [-0.15, -0.1) is 0 Å². The maximum Gasteiger partial charge on any atom is 0.327 e. The Morgan fingerprint density at radius 2 is 2.24 bits per heavy atom. The molecule has 4 N–H and O–H groups in total. The van der Waals surface area contributed by atoms with Crippen LogP contribution in [0.3, 0.4) is 0 Å². The third-order valence-electron chi connectivity index (χ3n) is 2.11. The van der Waals surface area contributed by atoms with Crippen LogP contribution in [0.2, 0.25) is 0 Å². The third kappa shape index (κ3) is 4.10. The number of ether oxygens (including phenoxy) is 1. The minimum Gasteiger partial charge on any atom is -0.468 e. The van der Waals surface area contributed by atoms with Crippen LogP contribution in [0.5, 0.6) is 0 Å². The molecule has 1 unspecified atom stereocenters. The van der Waals surface area contributed by atoms with Gasteiger partial charge in [0.05, 0.1) is 19.1 Å². The second-order valence-electron chi connectivity index (χ2n) is 3.27. The molecule has 0 amide bonds. The lowest BCUT2D eigenvalue weighted by atomic mass is 10.1. The van der Waals surface area contributed by atoms with E-state index < -0.39 is 12.0 Å². The molecule has 7 heteroatoms. The van der Waals surface area contributed by atoms with E-state index in [0.29, 0.717) is 11.1 Å². The molecule has 0 aromatic heterocycles. The lowest BCUT2D eigenvalue weighted by Gasteiger charge is -2.11. The van der Waals surface area contributed by atoms with Crippen LogP contribution in [-0.2, 0) is 21.0 Å². The second kappa shape index (κ2) is 6.28. The summed E-state index contributed by atoms with van der Waals surface area (Å²) in [5.41, 5.74) is 6.84. The van der Waals surface area contributed by atoms with Crippen LogP contribution in [0.1, 0.15) is 17.2 Å². The zero-order chi connectivity index (χ0) is 12.8. The summed E-state index contributed by atoms with van der Waals surface area (Å²) in [7, 11) is 1.25. The molecule has 0 bridgehead atoms. The molecule has 0 saturated carbocycles. The van der Waals surface area contributed by atoms with Gasteiger partial charge in [-0.05, 0) is 11.1 Å². The molecular formula is C10H14N2O5. The van der Waals surface area contributed by atoms with Crippen LogP contribution in [0.25, 0.3) is 0 Å². The van der Waals surface area contributed by atoms with Gasteiger partial charge in [0.25, 0.3) is 0 Å². The highest BCUT2D eigenvalue weighted by Crippen LogP contribution is 2.14. The van der Waals surface area contributed by atoms with E-state index in [1.807, 2.05) is 0 Å². The fourth-order valence-electron chi connectivity index (χ4n) is 1.27. The molecule has 1 rings (SSSR count). The molecule has 1 aromatic rings. The molecule has 1 aromatic carbocycles. The van der Waals surface area contributed by atoms with Crippen molar-refractivity contribution < 1.29 is 24.8 Å². The van der Waals surface area contributed by atoms with Crippen LogP contribution >= 0.6 is 0 Å². The molecule has 1 atom stereocenters. The quantitative estimate of drug-likeness (QED) is 0.506. The molecule has 0 heterocycles. The van der Waals surface area contributed by atoms with Crippen LogP contribution < -0.4 is 5.73 Å². The molecular weight excluding hydrogens is 228 g/mol. The first-order chi connectivity index (χ1) is 8.04. The first-order valence-electron chi connectivity index (χ1n) is 4.77. The maximum atomic E-state index is 11.2. The Hall–Kier alpha value is -1.51. The average molecular weight is 242 g/mol. The lowest BCUT2D eigenvalue weighted by molar-refractivity contribution is -0.497. The molecule has 0 radical (unpaired) electrons. The van der Waals surface area contributed by atoms with Crippen molar-refractivity contribution in [1.29, 1.82) is 0 Å². The molecule has 0 aliphatic carbocycles. The zero-order valence-electron chi connectivity index (χ0n) is 9.24. The monoisotopic (exact) mass is 242 g/mol. The molecule has 0 fully saturated rings. The van der Waals surface area contributed by atoms with Crippen LogP contribution in [0, 0.1) is 0 Å². The Morgan fingerprint density at radius 1 is 1.53 bits per heavy atom. The fraction of sp³-hybridized carbons (Fsp3) is 0.300. The van der Waals surface area contributed by atoms with Crippen LogP contribution in [0.4, 0.5) is 0 Å². The number of carbonyl (C=O) groups is 1. The average Bonchev–Trinajstić information content (AvgIpc) is 2.34. The Labute approximate surface area is 97.8 Å². The van der Waals surface area contributed by atoms with Crippen molar-refractivity contribution >= 4 is 5.97 Å². The van der Waals surface area contributed by atoms with E-state index in [1.54, 1.807) is 24.3 Å². The second-order valence-corrected chi connectivity index (χ2v) is 3.27. The summed E-state index contributed by atoms with van der Waals surface area (Å²) in [5.74, 6) is -0.547. The van der Waals surface area contributed by atoms with Crippen LogP contribution in [0.15, 0.2) is 24.3 Å². The predicted molar refractivity (Wildman–Crippen MR) is 55.6 cm³/mol. The summed E-state index contributed by atoms with van der Waals surface area (Å²) in [6, 6.07) is 5.78. The highest BCUT2D eigenvalue weighted by molar-refractivity contribution is 5.77. The van der Waals surface area contributed by atoms with Crippen molar-refractivity contribution in [2.75, 3.05) is 7.11 Å². The first-order valence-corrected chi connectivity index (χ1v) is 4.77. The number of esters is 1. The Morgan fingerprint density at radius 3 is 2.82 bits per heavy atom. The summed E-state index contributed by atoms with van der Waals surface area (Å²) in [5, 5.41) is 16.4. The van der Waals surface area contributed by atoms with Gasteiger partial charge >= 0.3 is 5.97 Å². The molecule has 17 heavy (non-hydrogen) atoms.